The molecule has 0 unspecified atom stereocenters. The maximum Gasteiger partial charge on any atom is 0.252 e. The fourth-order valence-electron chi connectivity index (χ4n) is 3.22. The number of rotatable bonds is 5. The number of fused-ring (bicyclic) bond motifs is 1. The second-order valence-corrected chi connectivity index (χ2v) is 8.42. The van der Waals surface area contributed by atoms with Crippen molar-refractivity contribution in [3.05, 3.63) is 59.5 Å². The summed E-state index contributed by atoms with van der Waals surface area (Å²) in [6, 6.07) is 9.82. The second kappa shape index (κ2) is 8.24. The van der Waals surface area contributed by atoms with E-state index in [0.29, 0.717) is 30.0 Å². The third kappa shape index (κ3) is 4.12. The summed E-state index contributed by atoms with van der Waals surface area (Å²) in [6.45, 7) is 6.85. The minimum absolute atomic E-state index is 0.0518. The quantitative estimate of drug-likeness (QED) is 0.691. The molecule has 0 saturated carbocycles. The third-order valence-corrected chi connectivity index (χ3v) is 5.76. The van der Waals surface area contributed by atoms with Gasteiger partial charge in [-0.2, -0.15) is 9.78 Å². The van der Waals surface area contributed by atoms with Crippen molar-refractivity contribution in [2.45, 2.75) is 26.0 Å². The van der Waals surface area contributed by atoms with E-state index in [1.807, 2.05) is 19.1 Å². The summed E-state index contributed by atoms with van der Waals surface area (Å²) >= 11 is 1.58. The summed E-state index contributed by atoms with van der Waals surface area (Å²) < 4.78 is 7.52. The number of nitrogens with one attached hydrogen (secondary N) is 1. The van der Waals surface area contributed by atoms with Crippen LogP contribution in [0, 0.1) is 12.8 Å². The lowest BCUT2D eigenvalue weighted by Gasteiger charge is -2.17. The second-order valence-electron chi connectivity index (χ2n) is 7.32. The Morgan fingerprint density at radius 1 is 1.28 bits per heavy atom. The molecular formula is C21H23N5O2S. The van der Waals surface area contributed by atoms with E-state index in [0.717, 1.165) is 22.6 Å². The van der Waals surface area contributed by atoms with Crippen LogP contribution in [-0.2, 0) is 4.79 Å². The Kier molecular flexibility index (Phi) is 5.53. The number of carbonyl (C=O) groups excluding carboxylic acids is 1. The lowest BCUT2D eigenvalue weighted by Crippen LogP contribution is -2.16. The lowest BCUT2D eigenvalue weighted by molar-refractivity contribution is -0.113. The molecule has 3 aromatic rings. The van der Waals surface area contributed by atoms with E-state index in [4.69, 9.17) is 4.74 Å². The molecule has 0 bridgehead atoms. The molecule has 4 rings (SSSR count). The highest BCUT2D eigenvalue weighted by Gasteiger charge is 2.31. The average Bonchev–Trinajstić information content (AvgIpc) is 2.92. The van der Waals surface area contributed by atoms with Gasteiger partial charge in [0.15, 0.2) is 0 Å². The molecule has 1 aliphatic rings. The van der Waals surface area contributed by atoms with Crippen LogP contribution in [0.15, 0.2) is 42.7 Å². The lowest BCUT2D eigenvalue weighted by atomic mass is 10.0. The number of hydrogen-bond donors (Lipinski definition) is 1. The summed E-state index contributed by atoms with van der Waals surface area (Å²) in [7, 11) is 0. The van der Waals surface area contributed by atoms with E-state index in [9.17, 15) is 4.79 Å². The van der Waals surface area contributed by atoms with E-state index in [-0.39, 0.29) is 11.2 Å². The van der Waals surface area contributed by atoms with Gasteiger partial charge in [0.05, 0.1) is 23.3 Å². The SMILES string of the molecule is Cc1nn(-c2ncccn2)c2c1[C@H](c1cccc(OCC(C)C)c1)SCC(=O)N2. The van der Waals surface area contributed by atoms with Crippen molar-refractivity contribution in [3.8, 4) is 11.7 Å². The Labute approximate surface area is 173 Å². The van der Waals surface area contributed by atoms with E-state index >= 15 is 0 Å². The molecule has 3 heterocycles. The van der Waals surface area contributed by atoms with Gasteiger partial charge in [-0.3, -0.25) is 4.79 Å². The molecule has 1 aliphatic heterocycles. The Bertz CT molecular complexity index is 1020. The van der Waals surface area contributed by atoms with Gasteiger partial charge in [0, 0.05) is 18.0 Å². The largest absolute Gasteiger partial charge is 0.493 e. The fraction of sp³-hybridized carbons (Fsp3) is 0.333. The van der Waals surface area contributed by atoms with Crippen molar-refractivity contribution in [2.75, 3.05) is 17.7 Å². The standard InChI is InChI=1S/C21H23N5O2S/c1-13(2)11-28-16-7-4-6-15(10-16)19-18-14(3)25-26(21-22-8-5-9-23-21)20(18)24-17(27)12-29-19/h4-10,13,19H,11-12H2,1-3H3,(H,24,27)/t19-/m0/s1. The van der Waals surface area contributed by atoms with Crippen molar-refractivity contribution in [1.82, 2.24) is 19.7 Å². The minimum atomic E-state index is -0.0666. The zero-order chi connectivity index (χ0) is 20.4. The molecule has 0 spiro atoms. The molecule has 1 atom stereocenters. The molecule has 0 radical (unpaired) electrons. The van der Waals surface area contributed by atoms with Crippen molar-refractivity contribution < 1.29 is 9.53 Å². The number of thioether (sulfide) groups is 1. The first kappa shape index (κ1) is 19.4. The van der Waals surface area contributed by atoms with Crippen LogP contribution in [0.3, 0.4) is 0 Å². The maximum atomic E-state index is 12.4. The molecule has 1 N–H and O–H groups in total. The van der Waals surface area contributed by atoms with Gasteiger partial charge in [-0.15, -0.1) is 11.8 Å². The Hall–Kier alpha value is -2.87. The predicted molar refractivity (Wildman–Crippen MR) is 114 cm³/mol. The van der Waals surface area contributed by atoms with Crippen LogP contribution in [-0.4, -0.2) is 38.0 Å². The number of aromatic nitrogens is 4. The normalized spacial score (nSPS) is 16.3. The smallest absolute Gasteiger partial charge is 0.252 e. The first-order chi connectivity index (χ1) is 14.0. The van der Waals surface area contributed by atoms with Gasteiger partial charge in [0.1, 0.15) is 11.6 Å². The predicted octanol–water partition coefficient (Wildman–Crippen LogP) is 3.78. The van der Waals surface area contributed by atoms with Crippen LogP contribution in [0.2, 0.25) is 0 Å². The highest BCUT2D eigenvalue weighted by atomic mass is 32.2. The average molecular weight is 410 g/mol. The molecule has 0 fully saturated rings. The number of amides is 1. The van der Waals surface area contributed by atoms with Crippen LogP contribution < -0.4 is 10.1 Å². The molecule has 0 aliphatic carbocycles. The van der Waals surface area contributed by atoms with Crippen molar-refractivity contribution in [3.63, 3.8) is 0 Å². The summed E-state index contributed by atoms with van der Waals surface area (Å²) in [6.07, 6.45) is 3.32. The molecule has 150 valence electrons. The Morgan fingerprint density at radius 3 is 2.83 bits per heavy atom. The first-order valence-corrected chi connectivity index (χ1v) is 10.6. The highest BCUT2D eigenvalue weighted by Crippen LogP contribution is 2.44. The molecule has 8 heteroatoms. The van der Waals surface area contributed by atoms with Crippen molar-refractivity contribution in [2.24, 2.45) is 5.92 Å². The zero-order valence-corrected chi connectivity index (χ0v) is 17.4. The Morgan fingerprint density at radius 2 is 2.07 bits per heavy atom. The molecule has 1 amide bonds. The van der Waals surface area contributed by atoms with Gasteiger partial charge in [0.2, 0.25) is 5.91 Å². The molecule has 7 nitrogen and oxygen atoms in total. The molecular weight excluding hydrogens is 386 g/mol. The number of benzene rings is 1. The summed E-state index contributed by atoms with van der Waals surface area (Å²) in [5.74, 6) is 2.62. The number of anilines is 1. The molecule has 2 aromatic heterocycles. The van der Waals surface area contributed by atoms with Gasteiger partial charge in [-0.05, 0) is 36.6 Å². The molecule has 0 saturated heterocycles. The molecule has 1 aromatic carbocycles. The minimum Gasteiger partial charge on any atom is -0.493 e. The van der Waals surface area contributed by atoms with E-state index in [1.54, 1.807) is 34.9 Å². The summed E-state index contributed by atoms with van der Waals surface area (Å²) in [5.41, 5.74) is 2.88. The molecule has 29 heavy (non-hydrogen) atoms. The van der Waals surface area contributed by atoms with Crippen LogP contribution in [0.4, 0.5) is 5.82 Å². The van der Waals surface area contributed by atoms with E-state index < -0.39 is 0 Å². The number of carbonyl (C=O) groups is 1. The van der Waals surface area contributed by atoms with Crippen LogP contribution in [0.1, 0.15) is 35.9 Å². The van der Waals surface area contributed by atoms with Gasteiger partial charge in [-0.1, -0.05) is 26.0 Å². The van der Waals surface area contributed by atoms with Crippen LogP contribution >= 0.6 is 11.8 Å². The number of hydrogen-bond acceptors (Lipinski definition) is 6. The van der Waals surface area contributed by atoms with Crippen molar-refractivity contribution in [1.29, 1.82) is 0 Å². The summed E-state index contributed by atoms with van der Waals surface area (Å²) in [4.78, 5) is 21.0. The topological polar surface area (TPSA) is 81.9 Å². The van der Waals surface area contributed by atoms with Crippen molar-refractivity contribution >= 4 is 23.5 Å². The van der Waals surface area contributed by atoms with Gasteiger partial charge < -0.3 is 10.1 Å². The van der Waals surface area contributed by atoms with E-state index in [2.05, 4.69) is 46.4 Å². The number of aryl methyl sites for hydroxylation is 1. The van der Waals surface area contributed by atoms with Gasteiger partial charge in [0.25, 0.3) is 5.95 Å². The third-order valence-electron chi connectivity index (χ3n) is 4.49. The maximum absolute atomic E-state index is 12.4. The fourth-order valence-corrected chi connectivity index (χ4v) is 4.40. The monoisotopic (exact) mass is 409 g/mol. The summed E-state index contributed by atoms with van der Waals surface area (Å²) in [5, 5.41) is 7.57. The Balaban J connectivity index is 1.77. The van der Waals surface area contributed by atoms with Crippen LogP contribution in [0.5, 0.6) is 5.75 Å². The van der Waals surface area contributed by atoms with Crippen LogP contribution in [0.25, 0.3) is 5.95 Å². The van der Waals surface area contributed by atoms with E-state index in [1.165, 1.54) is 0 Å². The van der Waals surface area contributed by atoms with Gasteiger partial charge >= 0.3 is 0 Å². The first-order valence-electron chi connectivity index (χ1n) is 9.54. The number of ether oxygens (including phenoxy) is 1. The zero-order valence-electron chi connectivity index (χ0n) is 16.6. The number of nitrogens with zero attached hydrogens (tertiary/aromatic N) is 4. The van der Waals surface area contributed by atoms with Gasteiger partial charge in [-0.25, -0.2) is 9.97 Å². The highest BCUT2D eigenvalue weighted by molar-refractivity contribution is 8.00.